The predicted molar refractivity (Wildman–Crippen MR) is 115 cm³/mol. The molecular weight excluding hydrogens is 402 g/mol. The molecule has 3 aromatic rings. The number of hydrogen-bond acceptors (Lipinski definition) is 6. The molecule has 2 N–H and O–H groups in total. The van der Waals surface area contributed by atoms with Gasteiger partial charge < -0.3 is 15.4 Å². The average molecular weight is 428 g/mol. The number of imidazole rings is 1. The lowest BCUT2D eigenvalue weighted by atomic mass is 9.96. The lowest BCUT2D eigenvalue weighted by molar-refractivity contribution is 0.0710. The van der Waals surface area contributed by atoms with Crippen molar-refractivity contribution in [3.05, 3.63) is 36.0 Å². The molecule has 2 aliphatic rings. The summed E-state index contributed by atoms with van der Waals surface area (Å²) in [5.74, 6) is -0.418. The van der Waals surface area contributed by atoms with Crippen molar-refractivity contribution in [1.29, 1.82) is 0 Å². The molecular formula is C22H26F2N6O. The summed E-state index contributed by atoms with van der Waals surface area (Å²) < 4.78 is 36.0. The molecule has 0 spiro atoms. The first-order valence-electron chi connectivity index (χ1n) is 11.0. The van der Waals surface area contributed by atoms with Crippen LogP contribution in [0.5, 0.6) is 0 Å². The third-order valence-electron chi connectivity index (χ3n) is 6.13. The number of rotatable bonds is 5. The summed E-state index contributed by atoms with van der Waals surface area (Å²) in [4.78, 5) is 13.8. The van der Waals surface area contributed by atoms with Crippen LogP contribution >= 0.6 is 0 Å². The van der Waals surface area contributed by atoms with Crippen LogP contribution in [0.25, 0.3) is 11.2 Å². The number of halogens is 2. The van der Waals surface area contributed by atoms with Gasteiger partial charge in [0.25, 0.3) is 0 Å². The number of fused-ring (bicyclic) bond motifs is 1. The van der Waals surface area contributed by atoms with Crippen molar-refractivity contribution in [2.45, 2.75) is 57.0 Å². The molecule has 2 fully saturated rings. The third kappa shape index (κ3) is 4.19. The second-order valence-corrected chi connectivity index (χ2v) is 8.25. The molecule has 3 heterocycles. The van der Waals surface area contributed by atoms with Crippen LogP contribution in [0.3, 0.4) is 0 Å². The van der Waals surface area contributed by atoms with E-state index in [1.165, 1.54) is 37.5 Å². The predicted octanol–water partition coefficient (Wildman–Crippen LogP) is 4.94. The fourth-order valence-electron chi connectivity index (χ4n) is 4.50. The van der Waals surface area contributed by atoms with Gasteiger partial charge in [0.2, 0.25) is 11.9 Å². The molecule has 5 rings (SSSR count). The second-order valence-electron chi connectivity index (χ2n) is 8.25. The fourth-order valence-corrected chi connectivity index (χ4v) is 4.50. The Morgan fingerprint density at radius 1 is 0.968 bits per heavy atom. The van der Waals surface area contributed by atoms with Gasteiger partial charge in [-0.05, 0) is 37.8 Å². The summed E-state index contributed by atoms with van der Waals surface area (Å²) in [5.41, 5.74) is 1.01. The molecule has 0 amide bonds. The van der Waals surface area contributed by atoms with E-state index in [1.807, 2.05) is 4.57 Å². The number of nitrogens with zero attached hydrogens (tertiary/aromatic N) is 4. The minimum atomic E-state index is -0.670. The van der Waals surface area contributed by atoms with Crippen LogP contribution in [0.4, 0.5) is 26.4 Å². The largest absolute Gasteiger partial charge is 0.381 e. The van der Waals surface area contributed by atoms with Crippen molar-refractivity contribution in [2.75, 3.05) is 23.8 Å². The van der Waals surface area contributed by atoms with E-state index in [1.54, 1.807) is 6.20 Å². The molecule has 1 aliphatic heterocycles. The number of ether oxygens (including phenoxy) is 1. The number of para-hydroxylation sites is 1. The Hall–Kier alpha value is -2.81. The van der Waals surface area contributed by atoms with E-state index < -0.39 is 11.6 Å². The maximum Gasteiger partial charge on any atom is 0.224 e. The molecule has 0 bridgehead atoms. The summed E-state index contributed by atoms with van der Waals surface area (Å²) in [7, 11) is 0. The van der Waals surface area contributed by atoms with Gasteiger partial charge in [-0.25, -0.2) is 18.7 Å². The van der Waals surface area contributed by atoms with E-state index in [-0.39, 0.29) is 11.7 Å². The zero-order chi connectivity index (χ0) is 21.2. The zero-order valence-corrected chi connectivity index (χ0v) is 17.3. The van der Waals surface area contributed by atoms with Crippen LogP contribution in [0, 0.1) is 11.6 Å². The first-order chi connectivity index (χ1) is 15.2. The molecule has 1 saturated carbocycles. The van der Waals surface area contributed by atoms with Gasteiger partial charge in [-0.15, -0.1) is 0 Å². The quantitative estimate of drug-likeness (QED) is 0.599. The van der Waals surface area contributed by atoms with Crippen LogP contribution in [0.15, 0.2) is 24.4 Å². The summed E-state index contributed by atoms with van der Waals surface area (Å²) >= 11 is 0. The Labute approximate surface area is 179 Å². The Morgan fingerprint density at radius 3 is 2.45 bits per heavy atom. The summed E-state index contributed by atoms with van der Waals surface area (Å²) in [6.07, 6.45) is 9.14. The fraction of sp³-hybridized carbons (Fsp3) is 0.500. The normalized spacial score (nSPS) is 18.4. The van der Waals surface area contributed by atoms with E-state index >= 15 is 0 Å². The van der Waals surface area contributed by atoms with Gasteiger partial charge in [-0.3, -0.25) is 4.57 Å². The Morgan fingerprint density at radius 2 is 1.71 bits per heavy atom. The van der Waals surface area contributed by atoms with E-state index in [0.29, 0.717) is 42.3 Å². The lowest BCUT2D eigenvalue weighted by Gasteiger charge is -2.26. The number of nitrogens with one attached hydrogen (secondary N) is 2. The zero-order valence-electron chi connectivity index (χ0n) is 17.3. The number of anilines is 3. The van der Waals surface area contributed by atoms with Gasteiger partial charge >= 0.3 is 0 Å². The third-order valence-corrected chi connectivity index (χ3v) is 6.13. The van der Waals surface area contributed by atoms with Gasteiger partial charge in [-0.2, -0.15) is 4.98 Å². The monoisotopic (exact) mass is 428 g/mol. The molecule has 1 saturated heterocycles. The number of benzene rings is 1. The van der Waals surface area contributed by atoms with Crippen molar-refractivity contribution >= 4 is 28.7 Å². The minimum Gasteiger partial charge on any atom is -0.381 e. The van der Waals surface area contributed by atoms with E-state index in [0.717, 1.165) is 25.7 Å². The highest BCUT2D eigenvalue weighted by Crippen LogP contribution is 2.32. The van der Waals surface area contributed by atoms with Crippen LogP contribution in [0.2, 0.25) is 0 Å². The first-order valence-corrected chi connectivity index (χ1v) is 11.0. The Balaban J connectivity index is 1.54. The molecule has 31 heavy (non-hydrogen) atoms. The van der Waals surface area contributed by atoms with Gasteiger partial charge in [0.1, 0.15) is 22.8 Å². The molecule has 0 atom stereocenters. The van der Waals surface area contributed by atoms with Crippen molar-refractivity contribution in [1.82, 2.24) is 19.5 Å². The van der Waals surface area contributed by atoms with Crippen molar-refractivity contribution in [2.24, 2.45) is 0 Å². The van der Waals surface area contributed by atoms with Gasteiger partial charge in [0, 0.05) is 25.3 Å². The highest BCUT2D eigenvalue weighted by molar-refractivity contribution is 5.76. The molecule has 9 heteroatoms. The van der Waals surface area contributed by atoms with E-state index in [9.17, 15) is 8.78 Å². The van der Waals surface area contributed by atoms with E-state index in [2.05, 4.69) is 20.6 Å². The summed E-state index contributed by atoms with van der Waals surface area (Å²) in [6, 6.07) is 4.22. The number of hydrogen-bond donors (Lipinski definition) is 2. The topological polar surface area (TPSA) is 76.9 Å². The van der Waals surface area contributed by atoms with Crippen LogP contribution in [-0.2, 0) is 4.74 Å². The van der Waals surface area contributed by atoms with Crippen LogP contribution in [0.1, 0.15) is 51.0 Å². The SMILES string of the molecule is Fc1cccc(F)c1Nc1nc2cnc(NC3CCCCC3)nc2n1C1CCOCC1. The molecule has 2 aromatic heterocycles. The highest BCUT2D eigenvalue weighted by Gasteiger charge is 2.25. The van der Waals surface area contributed by atoms with E-state index in [4.69, 9.17) is 9.72 Å². The Bertz CT molecular complexity index is 1040. The number of aromatic nitrogens is 4. The molecule has 1 aliphatic carbocycles. The first kappa shape index (κ1) is 20.1. The van der Waals surface area contributed by atoms with Gasteiger partial charge in [-0.1, -0.05) is 25.3 Å². The lowest BCUT2D eigenvalue weighted by Crippen LogP contribution is -2.24. The molecule has 7 nitrogen and oxygen atoms in total. The molecule has 0 unspecified atom stereocenters. The standard InChI is InChI=1S/C22H26F2N6O/c23-16-7-4-8-17(24)19(16)28-22-27-18-13-25-21(26-14-5-2-1-3-6-14)29-20(18)30(22)15-9-11-31-12-10-15/h4,7-8,13-15H,1-3,5-6,9-12H2,(H,27,28)(H,25,26,29). The maximum atomic E-state index is 14.3. The van der Waals surface area contributed by atoms with Crippen LogP contribution in [-0.4, -0.2) is 38.8 Å². The molecule has 0 radical (unpaired) electrons. The maximum absolute atomic E-state index is 14.3. The van der Waals surface area contributed by atoms with Gasteiger partial charge in [0.15, 0.2) is 5.65 Å². The summed E-state index contributed by atoms with van der Waals surface area (Å²) in [6.45, 7) is 1.24. The van der Waals surface area contributed by atoms with Crippen molar-refractivity contribution in [3.63, 3.8) is 0 Å². The van der Waals surface area contributed by atoms with Crippen molar-refractivity contribution < 1.29 is 13.5 Å². The average Bonchev–Trinajstić information content (AvgIpc) is 3.15. The van der Waals surface area contributed by atoms with Gasteiger partial charge in [0.05, 0.1) is 6.20 Å². The second kappa shape index (κ2) is 8.74. The summed E-state index contributed by atoms with van der Waals surface area (Å²) in [5, 5.41) is 6.32. The smallest absolute Gasteiger partial charge is 0.224 e. The molecule has 1 aromatic carbocycles. The highest BCUT2D eigenvalue weighted by atomic mass is 19.1. The van der Waals surface area contributed by atoms with Crippen molar-refractivity contribution in [3.8, 4) is 0 Å². The minimum absolute atomic E-state index is 0.0634. The Kier molecular flexibility index (Phi) is 5.67. The molecule has 164 valence electrons. The van der Waals surface area contributed by atoms with Crippen LogP contribution < -0.4 is 10.6 Å².